The highest BCUT2D eigenvalue weighted by molar-refractivity contribution is 7.67. The number of carbonyl (C=O) groups excluding carboxylic acids is 1. The first-order chi connectivity index (χ1) is 12.3. The molecule has 0 radical (unpaired) electrons. The van der Waals surface area contributed by atoms with Gasteiger partial charge < -0.3 is 18.3 Å². The number of esters is 1. The Morgan fingerprint density at radius 1 is 0.923 bits per heavy atom. The van der Waals surface area contributed by atoms with Gasteiger partial charge in [-0.2, -0.15) is 0 Å². The smallest absolute Gasteiger partial charge is 0.330 e. The second kappa shape index (κ2) is 11.0. The van der Waals surface area contributed by atoms with Crippen LogP contribution in [0.4, 0.5) is 0 Å². The van der Waals surface area contributed by atoms with E-state index >= 15 is 0 Å². The van der Waals surface area contributed by atoms with E-state index in [1.807, 2.05) is 0 Å². The molecule has 0 aliphatic carbocycles. The quantitative estimate of drug-likeness (QED) is 0.292. The fraction of sp³-hybridized carbons (Fsp3) is 0.588. The Hall–Kier alpha value is -0.970. The zero-order valence-corrected chi connectivity index (χ0v) is 17.6. The molecular formula is C17H28O7P2. The molecule has 0 aliphatic rings. The Labute approximate surface area is 155 Å². The standard InChI is InChI=1S/C17H28O7P2/c1-5-21-25(19,13-10-14-26(20,22-6-2)23-7-3)17-12-9-8-11-16(17)24-15(4)18/h8-9,11-12H,5-7,10,13-14H2,1-4H3. The molecule has 9 heteroatoms. The molecule has 1 rings (SSSR count). The van der Waals surface area contributed by atoms with Gasteiger partial charge in [-0.1, -0.05) is 12.1 Å². The predicted octanol–water partition coefficient (Wildman–Crippen LogP) is 4.21. The van der Waals surface area contributed by atoms with Gasteiger partial charge in [0.25, 0.3) is 0 Å². The van der Waals surface area contributed by atoms with Crippen molar-refractivity contribution in [3.8, 4) is 5.75 Å². The van der Waals surface area contributed by atoms with E-state index in [4.69, 9.17) is 18.3 Å². The minimum atomic E-state index is -3.30. The van der Waals surface area contributed by atoms with E-state index in [1.165, 1.54) is 6.92 Å². The molecule has 7 nitrogen and oxygen atoms in total. The molecule has 0 fully saturated rings. The van der Waals surface area contributed by atoms with Crippen molar-refractivity contribution in [3.05, 3.63) is 24.3 Å². The lowest BCUT2D eigenvalue weighted by Crippen LogP contribution is -2.17. The minimum Gasteiger partial charge on any atom is -0.426 e. The summed E-state index contributed by atoms with van der Waals surface area (Å²) in [6.45, 7) is 7.29. The second-order valence-corrected chi connectivity index (χ2v) is 10.1. The summed E-state index contributed by atoms with van der Waals surface area (Å²) in [5.41, 5.74) is 0. The van der Waals surface area contributed by atoms with E-state index in [9.17, 15) is 13.9 Å². The first-order valence-corrected chi connectivity index (χ1v) is 12.2. The summed E-state index contributed by atoms with van der Waals surface area (Å²) in [4.78, 5) is 11.3. The number of benzene rings is 1. The van der Waals surface area contributed by atoms with Crippen molar-refractivity contribution in [2.45, 2.75) is 34.1 Å². The maximum Gasteiger partial charge on any atom is 0.330 e. The molecular weight excluding hydrogens is 378 g/mol. The molecule has 0 bridgehead atoms. The number of ether oxygens (including phenoxy) is 1. The number of hydrogen-bond donors (Lipinski definition) is 0. The van der Waals surface area contributed by atoms with Gasteiger partial charge in [0.2, 0.25) is 7.37 Å². The fourth-order valence-corrected chi connectivity index (χ4v) is 6.66. The molecule has 0 saturated carbocycles. The van der Waals surface area contributed by atoms with Gasteiger partial charge in [0.05, 0.1) is 31.3 Å². The van der Waals surface area contributed by atoms with Crippen LogP contribution < -0.4 is 10.0 Å². The number of rotatable bonds is 12. The lowest BCUT2D eigenvalue weighted by molar-refractivity contribution is -0.131. The largest absolute Gasteiger partial charge is 0.426 e. The lowest BCUT2D eigenvalue weighted by atomic mass is 10.3. The molecule has 0 aromatic heterocycles. The monoisotopic (exact) mass is 406 g/mol. The molecule has 0 spiro atoms. The van der Waals surface area contributed by atoms with Gasteiger partial charge in [0, 0.05) is 13.1 Å². The van der Waals surface area contributed by atoms with Crippen LogP contribution in [-0.2, 0) is 27.5 Å². The summed E-state index contributed by atoms with van der Waals surface area (Å²) in [6, 6.07) is 6.60. The summed E-state index contributed by atoms with van der Waals surface area (Å²) >= 11 is 0. The SMILES string of the molecule is CCOP(=O)(CCCP(=O)(OCC)c1ccccc1OC(C)=O)OCC. The van der Waals surface area contributed by atoms with E-state index in [2.05, 4.69) is 0 Å². The summed E-state index contributed by atoms with van der Waals surface area (Å²) in [5.74, 6) is -0.285. The van der Waals surface area contributed by atoms with Crippen molar-refractivity contribution >= 4 is 26.2 Å². The maximum atomic E-state index is 13.4. The minimum absolute atomic E-state index is 0.140. The van der Waals surface area contributed by atoms with E-state index in [0.29, 0.717) is 11.7 Å². The van der Waals surface area contributed by atoms with Gasteiger partial charge in [-0.05, 0) is 39.3 Å². The molecule has 1 unspecified atom stereocenters. The van der Waals surface area contributed by atoms with E-state index in [1.54, 1.807) is 45.0 Å². The van der Waals surface area contributed by atoms with Crippen LogP contribution >= 0.6 is 15.0 Å². The van der Waals surface area contributed by atoms with Crippen molar-refractivity contribution < 1.29 is 32.2 Å². The molecule has 0 saturated heterocycles. The molecule has 1 aromatic rings. The summed E-state index contributed by atoms with van der Waals surface area (Å²) in [7, 11) is -6.51. The molecule has 1 aromatic carbocycles. The summed E-state index contributed by atoms with van der Waals surface area (Å²) in [5, 5.41) is 0.347. The molecule has 26 heavy (non-hydrogen) atoms. The summed E-state index contributed by atoms with van der Waals surface area (Å²) < 4.78 is 47.2. The topological polar surface area (TPSA) is 88.1 Å². The van der Waals surface area contributed by atoms with Crippen molar-refractivity contribution in [1.82, 2.24) is 0 Å². The molecule has 0 aliphatic heterocycles. The van der Waals surface area contributed by atoms with Crippen molar-refractivity contribution in [2.24, 2.45) is 0 Å². The van der Waals surface area contributed by atoms with Gasteiger partial charge >= 0.3 is 13.6 Å². The van der Waals surface area contributed by atoms with Crippen LogP contribution in [0.3, 0.4) is 0 Å². The fourth-order valence-electron chi connectivity index (χ4n) is 2.48. The number of hydrogen-bond acceptors (Lipinski definition) is 7. The Morgan fingerprint density at radius 2 is 1.50 bits per heavy atom. The Bertz CT molecular complexity index is 665. The van der Waals surface area contributed by atoms with Gasteiger partial charge in [-0.15, -0.1) is 0 Å². The Morgan fingerprint density at radius 3 is 2.04 bits per heavy atom. The molecule has 148 valence electrons. The van der Waals surface area contributed by atoms with Crippen molar-refractivity contribution in [2.75, 3.05) is 32.1 Å². The third-order valence-corrected chi connectivity index (χ3v) is 8.21. The highest BCUT2D eigenvalue weighted by Crippen LogP contribution is 2.53. The van der Waals surface area contributed by atoms with E-state index < -0.39 is 20.9 Å². The number of carbonyl (C=O) groups is 1. The molecule has 0 amide bonds. The van der Waals surface area contributed by atoms with Crippen molar-refractivity contribution in [1.29, 1.82) is 0 Å². The zero-order chi connectivity index (χ0) is 19.6. The van der Waals surface area contributed by atoms with Crippen LogP contribution in [-0.4, -0.2) is 38.1 Å². The second-order valence-electron chi connectivity index (χ2n) is 5.40. The lowest BCUT2D eigenvalue weighted by Gasteiger charge is -2.22. The Kier molecular flexibility index (Phi) is 9.77. The van der Waals surface area contributed by atoms with Crippen LogP contribution in [0.15, 0.2) is 24.3 Å². The van der Waals surface area contributed by atoms with Gasteiger partial charge in [-0.3, -0.25) is 13.9 Å². The highest BCUT2D eigenvalue weighted by Gasteiger charge is 2.31. The molecule has 0 heterocycles. The van der Waals surface area contributed by atoms with Crippen molar-refractivity contribution in [3.63, 3.8) is 0 Å². The normalized spacial score (nSPS) is 14.0. The molecule has 0 N–H and O–H groups in total. The number of para-hydroxylation sites is 1. The van der Waals surface area contributed by atoms with Crippen LogP contribution in [0.2, 0.25) is 0 Å². The third kappa shape index (κ3) is 6.98. The highest BCUT2D eigenvalue weighted by atomic mass is 31.2. The first-order valence-electron chi connectivity index (χ1n) is 8.70. The summed E-state index contributed by atoms with van der Waals surface area (Å²) in [6.07, 6.45) is 0.605. The van der Waals surface area contributed by atoms with E-state index in [0.717, 1.165) is 0 Å². The Balaban J connectivity index is 2.99. The van der Waals surface area contributed by atoms with E-state index in [-0.39, 0.29) is 37.9 Å². The van der Waals surface area contributed by atoms with Gasteiger partial charge in [0.1, 0.15) is 5.75 Å². The maximum absolute atomic E-state index is 13.4. The van der Waals surface area contributed by atoms with Gasteiger partial charge in [-0.25, -0.2) is 0 Å². The van der Waals surface area contributed by atoms with Crippen LogP contribution in [0.25, 0.3) is 0 Å². The first kappa shape index (κ1) is 23.1. The average molecular weight is 406 g/mol. The predicted molar refractivity (Wildman–Crippen MR) is 102 cm³/mol. The van der Waals surface area contributed by atoms with Crippen LogP contribution in [0.5, 0.6) is 5.75 Å². The van der Waals surface area contributed by atoms with Crippen LogP contribution in [0.1, 0.15) is 34.1 Å². The molecule has 1 atom stereocenters. The average Bonchev–Trinajstić information content (AvgIpc) is 2.55. The van der Waals surface area contributed by atoms with Gasteiger partial charge in [0.15, 0.2) is 0 Å². The third-order valence-electron chi connectivity index (χ3n) is 3.36. The zero-order valence-electron chi connectivity index (χ0n) is 15.8. The van der Waals surface area contributed by atoms with Crippen LogP contribution in [0, 0.1) is 0 Å².